The van der Waals surface area contributed by atoms with Gasteiger partial charge in [0.2, 0.25) is 15.8 Å². The molecule has 2 aromatic rings. The fourth-order valence-corrected chi connectivity index (χ4v) is 3.02. The lowest BCUT2D eigenvalue weighted by Gasteiger charge is -2.13. The van der Waals surface area contributed by atoms with Crippen molar-refractivity contribution in [3.63, 3.8) is 0 Å². The summed E-state index contributed by atoms with van der Waals surface area (Å²) < 4.78 is 31.1. The lowest BCUT2D eigenvalue weighted by atomic mass is 10.1. The van der Waals surface area contributed by atoms with Crippen molar-refractivity contribution < 1.29 is 22.7 Å². The molecule has 9 nitrogen and oxygen atoms in total. The molecular formula is C19H23N3O6S. The second-order valence-corrected chi connectivity index (χ2v) is 8.25. The maximum atomic E-state index is 12.5. The molecule has 0 saturated carbocycles. The summed E-state index contributed by atoms with van der Waals surface area (Å²) in [6.07, 6.45) is 1.54. The Morgan fingerprint density at radius 2 is 1.83 bits per heavy atom. The molecule has 1 aromatic carbocycles. The van der Waals surface area contributed by atoms with Crippen LogP contribution in [0.3, 0.4) is 0 Å². The van der Waals surface area contributed by atoms with Crippen LogP contribution in [0.25, 0.3) is 0 Å². The van der Waals surface area contributed by atoms with E-state index in [0.29, 0.717) is 12.2 Å². The highest BCUT2D eigenvalue weighted by molar-refractivity contribution is 7.92. The zero-order valence-electron chi connectivity index (χ0n) is 16.4. The minimum absolute atomic E-state index is 0.0620. The van der Waals surface area contributed by atoms with Crippen molar-refractivity contribution in [3.05, 3.63) is 58.0 Å². The Kier molecular flexibility index (Phi) is 7.27. The molecule has 0 saturated heterocycles. The van der Waals surface area contributed by atoms with Crippen molar-refractivity contribution in [3.8, 4) is 0 Å². The summed E-state index contributed by atoms with van der Waals surface area (Å²) >= 11 is 0. The normalized spacial score (nSPS) is 12.2. The highest BCUT2D eigenvalue weighted by Crippen LogP contribution is 2.14. The zero-order chi connectivity index (χ0) is 21.6. The van der Waals surface area contributed by atoms with E-state index in [1.165, 1.54) is 48.0 Å². The Bertz CT molecular complexity index is 1040. The van der Waals surface area contributed by atoms with Crippen LogP contribution in [0.4, 0.5) is 5.69 Å². The van der Waals surface area contributed by atoms with Crippen LogP contribution < -0.4 is 10.3 Å². The lowest BCUT2D eigenvalue weighted by molar-refractivity contribution is 0.0310. The molecule has 0 amide bonds. The number of aryl methyl sites for hydroxylation is 1. The fraction of sp³-hybridized carbons (Fsp3) is 0.368. The topological polar surface area (TPSA) is 124 Å². The first-order chi connectivity index (χ1) is 13.6. The van der Waals surface area contributed by atoms with E-state index in [-0.39, 0.29) is 16.8 Å². The van der Waals surface area contributed by atoms with Gasteiger partial charge in [-0.05, 0) is 43.7 Å². The number of Topliss-reactive ketones (excluding diaryl/α,β-unsaturated/α-hetero) is 1. The van der Waals surface area contributed by atoms with E-state index < -0.39 is 27.9 Å². The van der Waals surface area contributed by atoms with Gasteiger partial charge in [-0.1, -0.05) is 13.3 Å². The van der Waals surface area contributed by atoms with Gasteiger partial charge in [0.05, 0.1) is 6.26 Å². The smallest absolute Gasteiger partial charge is 0.359 e. The monoisotopic (exact) mass is 421 g/mol. The summed E-state index contributed by atoms with van der Waals surface area (Å²) in [7, 11) is -3.42. The number of hydrogen-bond donors (Lipinski definition) is 1. The molecule has 0 radical (unpaired) electrons. The molecule has 0 aliphatic heterocycles. The van der Waals surface area contributed by atoms with Crippen molar-refractivity contribution in [2.24, 2.45) is 0 Å². The summed E-state index contributed by atoms with van der Waals surface area (Å²) in [4.78, 5) is 36.6. The standard InChI is InChI=1S/C19H23N3O6S/c1-4-5-12-22-17(23)11-10-16(20-22)19(25)28-13(2)18(24)14-6-8-15(9-7-14)21-29(3,26)27/h6-11,13,21H,4-5,12H2,1-3H3/t13-/m0/s1. The SMILES string of the molecule is CCCCn1nc(C(=O)O[C@@H](C)C(=O)c2ccc(NS(C)(=O)=O)cc2)ccc1=O. The molecule has 1 heterocycles. The lowest BCUT2D eigenvalue weighted by Crippen LogP contribution is -2.28. The Hall–Kier alpha value is -3.01. The molecule has 1 aromatic heterocycles. The summed E-state index contributed by atoms with van der Waals surface area (Å²) in [5.74, 6) is -1.27. The summed E-state index contributed by atoms with van der Waals surface area (Å²) in [6.45, 7) is 3.79. The molecule has 0 aliphatic carbocycles. The predicted molar refractivity (Wildman–Crippen MR) is 108 cm³/mol. The largest absolute Gasteiger partial charge is 0.449 e. The Morgan fingerprint density at radius 1 is 1.17 bits per heavy atom. The molecule has 29 heavy (non-hydrogen) atoms. The van der Waals surface area contributed by atoms with Gasteiger partial charge >= 0.3 is 5.97 Å². The highest BCUT2D eigenvalue weighted by Gasteiger charge is 2.22. The van der Waals surface area contributed by atoms with Gasteiger partial charge in [-0.15, -0.1) is 0 Å². The van der Waals surface area contributed by atoms with Gasteiger partial charge in [0, 0.05) is 23.9 Å². The van der Waals surface area contributed by atoms with Crippen molar-refractivity contribution in [1.82, 2.24) is 9.78 Å². The van der Waals surface area contributed by atoms with Crippen LogP contribution in [-0.2, 0) is 21.3 Å². The van der Waals surface area contributed by atoms with Crippen LogP contribution >= 0.6 is 0 Å². The van der Waals surface area contributed by atoms with Crippen LogP contribution in [0.15, 0.2) is 41.2 Å². The van der Waals surface area contributed by atoms with Gasteiger partial charge in [0.15, 0.2) is 11.8 Å². The maximum absolute atomic E-state index is 12.5. The zero-order valence-corrected chi connectivity index (χ0v) is 17.2. The van der Waals surface area contributed by atoms with Gasteiger partial charge in [-0.2, -0.15) is 5.10 Å². The summed E-state index contributed by atoms with van der Waals surface area (Å²) in [6, 6.07) is 8.24. The van der Waals surface area contributed by atoms with E-state index in [0.717, 1.165) is 19.1 Å². The molecule has 0 fully saturated rings. The van der Waals surface area contributed by atoms with Gasteiger partial charge in [-0.25, -0.2) is 17.9 Å². The van der Waals surface area contributed by atoms with Crippen molar-refractivity contribution in [2.75, 3.05) is 11.0 Å². The number of carbonyl (C=O) groups is 2. The van der Waals surface area contributed by atoms with E-state index in [1.807, 2.05) is 6.92 Å². The second-order valence-electron chi connectivity index (χ2n) is 6.50. The number of rotatable bonds is 9. The summed E-state index contributed by atoms with van der Waals surface area (Å²) in [5.41, 5.74) is 0.187. The first-order valence-electron chi connectivity index (χ1n) is 9.02. The number of sulfonamides is 1. The number of carbonyl (C=O) groups excluding carboxylic acids is 2. The third-order valence-corrected chi connectivity index (χ3v) is 4.53. The number of aromatic nitrogens is 2. The number of benzene rings is 1. The van der Waals surface area contributed by atoms with E-state index in [9.17, 15) is 22.8 Å². The molecule has 156 valence electrons. The van der Waals surface area contributed by atoms with Crippen molar-refractivity contribution in [1.29, 1.82) is 0 Å². The number of esters is 1. The van der Waals surface area contributed by atoms with E-state index in [2.05, 4.69) is 9.82 Å². The molecule has 0 aliphatic rings. The van der Waals surface area contributed by atoms with E-state index in [4.69, 9.17) is 4.74 Å². The molecule has 1 N–H and O–H groups in total. The Balaban J connectivity index is 2.07. The van der Waals surface area contributed by atoms with E-state index in [1.54, 1.807) is 0 Å². The van der Waals surface area contributed by atoms with Crippen molar-refractivity contribution >= 4 is 27.5 Å². The first kappa shape index (κ1) is 22.3. The first-order valence-corrected chi connectivity index (χ1v) is 10.9. The molecule has 0 bridgehead atoms. The fourth-order valence-electron chi connectivity index (χ4n) is 2.45. The van der Waals surface area contributed by atoms with Gasteiger partial charge < -0.3 is 4.74 Å². The number of ketones is 1. The minimum Gasteiger partial charge on any atom is -0.449 e. The maximum Gasteiger partial charge on any atom is 0.359 e. The number of unbranched alkanes of at least 4 members (excludes halogenated alkanes) is 1. The van der Waals surface area contributed by atoms with Crippen LogP contribution in [0.2, 0.25) is 0 Å². The summed E-state index contributed by atoms with van der Waals surface area (Å²) in [5, 5.41) is 3.99. The molecular weight excluding hydrogens is 398 g/mol. The second kappa shape index (κ2) is 9.46. The van der Waals surface area contributed by atoms with Gasteiger partial charge in [0.25, 0.3) is 5.56 Å². The number of anilines is 1. The molecule has 10 heteroatoms. The van der Waals surface area contributed by atoms with Crippen LogP contribution in [0.1, 0.15) is 47.5 Å². The molecule has 2 rings (SSSR count). The third-order valence-electron chi connectivity index (χ3n) is 3.92. The van der Waals surface area contributed by atoms with Gasteiger partial charge in [-0.3, -0.25) is 14.3 Å². The number of nitrogens with one attached hydrogen (secondary N) is 1. The minimum atomic E-state index is -3.42. The quantitative estimate of drug-likeness (QED) is 0.484. The average Bonchev–Trinajstić information content (AvgIpc) is 2.66. The van der Waals surface area contributed by atoms with Crippen LogP contribution in [-0.4, -0.2) is 42.3 Å². The number of hydrogen-bond acceptors (Lipinski definition) is 7. The highest BCUT2D eigenvalue weighted by atomic mass is 32.2. The Morgan fingerprint density at radius 3 is 2.41 bits per heavy atom. The average molecular weight is 421 g/mol. The molecule has 0 spiro atoms. The third kappa shape index (κ3) is 6.53. The Labute approximate surface area is 168 Å². The van der Waals surface area contributed by atoms with Gasteiger partial charge in [0.1, 0.15) is 0 Å². The molecule has 1 atom stereocenters. The van der Waals surface area contributed by atoms with Crippen molar-refractivity contribution in [2.45, 2.75) is 39.3 Å². The number of ether oxygens (including phenoxy) is 1. The number of nitrogens with zero attached hydrogens (tertiary/aromatic N) is 2. The molecule has 0 unspecified atom stereocenters. The van der Waals surface area contributed by atoms with Crippen LogP contribution in [0.5, 0.6) is 0 Å². The van der Waals surface area contributed by atoms with E-state index >= 15 is 0 Å². The predicted octanol–water partition coefficient (Wildman–Crippen LogP) is 1.84. The van der Waals surface area contributed by atoms with Crippen LogP contribution in [0, 0.1) is 0 Å².